The molecule has 0 spiro atoms. The zero-order chi connectivity index (χ0) is 22.9. The molecule has 0 saturated carbocycles. The van der Waals surface area contributed by atoms with E-state index in [1.165, 1.54) is 39.1 Å². The number of ether oxygens (including phenoxy) is 1. The zero-order valence-corrected chi connectivity index (χ0v) is 19.9. The van der Waals surface area contributed by atoms with Crippen molar-refractivity contribution < 1.29 is 9.53 Å². The van der Waals surface area contributed by atoms with Crippen LogP contribution >= 0.6 is 22.7 Å². The van der Waals surface area contributed by atoms with E-state index in [1.54, 1.807) is 0 Å². The third-order valence-corrected chi connectivity index (χ3v) is 7.47. The number of nitrogens with zero attached hydrogens (tertiary/aromatic N) is 4. The van der Waals surface area contributed by atoms with E-state index in [0.717, 1.165) is 35.6 Å². The Morgan fingerprint density at radius 2 is 2.09 bits per heavy atom. The van der Waals surface area contributed by atoms with Crippen LogP contribution in [0.5, 0.6) is 0 Å². The number of thiophene rings is 1. The highest BCUT2D eigenvalue weighted by Gasteiger charge is 2.22. The zero-order valence-electron chi connectivity index (χ0n) is 18.3. The summed E-state index contributed by atoms with van der Waals surface area (Å²) in [7, 11) is 0. The Morgan fingerprint density at radius 3 is 2.82 bits per heavy atom. The van der Waals surface area contributed by atoms with Crippen LogP contribution in [0, 0.1) is 0 Å². The molecule has 5 rings (SSSR count). The maximum absolute atomic E-state index is 13.2. The highest BCUT2D eigenvalue weighted by molar-refractivity contribution is 7.17. The number of benzene rings is 1. The van der Waals surface area contributed by atoms with Crippen molar-refractivity contribution in [3.63, 3.8) is 0 Å². The maximum atomic E-state index is 13.2. The van der Waals surface area contributed by atoms with Crippen molar-refractivity contribution in [2.45, 2.75) is 45.3 Å². The van der Waals surface area contributed by atoms with Crippen LogP contribution < -0.4 is 10.9 Å². The molecule has 10 heteroatoms. The van der Waals surface area contributed by atoms with Gasteiger partial charge in [-0.05, 0) is 29.9 Å². The van der Waals surface area contributed by atoms with Crippen molar-refractivity contribution in [1.29, 1.82) is 0 Å². The molecule has 1 unspecified atom stereocenters. The summed E-state index contributed by atoms with van der Waals surface area (Å²) in [6.07, 6.45) is 3.28. The van der Waals surface area contributed by atoms with E-state index in [1.807, 2.05) is 17.5 Å². The number of aromatic nitrogens is 4. The van der Waals surface area contributed by atoms with Crippen molar-refractivity contribution >= 4 is 43.9 Å². The van der Waals surface area contributed by atoms with E-state index in [2.05, 4.69) is 46.5 Å². The molecule has 3 aromatic heterocycles. The van der Waals surface area contributed by atoms with Crippen LogP contribution in [-0.2, 0) is 16.1 Å². The van der Waals surface area contributed by atoms with Gasteiger partial charge in [-0.1, -0.05) is 49.4 Å². The number of hydrogen-bond acceptors (Lipinski definition) is 8. The average molecular weight is 482 g/mol. The molecule has 0 aliphatic carbocycles. The number of carbonyl (C=O) groups excluding carboxylic acids is 1. The van der Waals surface area contributed by atoms with E-state index in [4.69, 9.17) is 4.74 Å². The Morgan fingerprint density at radius 1 is 1.27 bits per heavy atom. The molecule has 0 bridgehead atoms. The van der Waals surface area contributed by atoms with Gasteiger partial charge in [-0.3, -0.25) is 19.5 Å². The predicted molar refractivity (Wildman–Crippen MR) is 130 cm³/mol. The molecule has 4 heterocycles. The molecule has 33 heavy (non-hydrogen) atoms. The van der Waals surface area contributed by atoms with Gasteiger partial charge < -0.3 is 4.74 Å². The molecule has 1 N–H and O–H groups in total. The molecular weight excluding hydrogens is 458 g/mol. The fraction of sp³-hybridized carbons (Fsp3) is 0.348. The molecule has 1 aliphatic rings. The van der Waals surface area contributed by atoms with Crippen LogP contribution in [0.1, 0.15) is 49.3 Å². The lowest BCUT2D eigenvalue weighted by Crippen LogP contribution is -2.27. The van der Waals surface area contributed by atoms with E-state index < -0.39 is 0 Å². The fourth-order valence-corrected chi connectivity index (χ4v) is 5.59. The lowest BCUT2D eigenvalue weighted by Gasteiger charge is -2.08. The number of fused-ring (bicyclic) bond motifs is 1. The number of carbonyl (C=O) groups is 1. The van der Waals surface area contributed by atoms with Crippen molar-refractivity contribution in [3.8, 4) is 11.1 Å². The predicted octanol–water partition coefficient (Wildman–Crippen LogP) is 4.59. The summed E-state index contributed by atoms with van der Waals surface area (Å²) >= 11 is 2.72. The Labute approximate surface area is 198 Å². The van der Waals surface area contributed by atoms with Gasteiger partial charge in [0, 0.05) is 17.6 Å². The lowest BCUT2D eigenvalue weighted by molar-refractivity contribution is -0.116. The molecular formula is C23H23N5O3S2. The van der Waals surface area contributed by atoms with E-state index in [9.17, 15) is 9.59 Å². The topological polar surface area (TPSA) is 99.0 Å². The Bertz CT molecular complexity index is 1350. The first-order valence-corrected chi connectivity index (χ1v) is 12.5. The van der Waals surface area contributed by atoms with Crippen LogP contribution in [0.15, 0.2) is 40.8 Å². The minimum absolute atomic E-state index is 0.0472. The van der Waals surface area contributed by atoms with E-state index in [-0.39, 0.29) is 24.1 Å². The van der Waals surface area contributed by atoms with Crippen LogP contribution in [0.4, 0.5) is 5.13 Å². The monoisotopic (exact) mass is 481 g/mol. The second-order valence-electron chi connectivity index (χ2n) is 8.28. The Balaban J connectivity index is 1.36. The minimum atomic E-state index is -0.355. The normalized spacial score (nSPS) is 16.0. The van der Waals surface area contributed by atoms with Gasteiger partial charge in [-0.2, -0.15) is 0 Å². The minimum Gasteiger partial charge on any atom is -0.371 e. The number of hydrogen-bond donors (Lipinski definition) is 1. The smallest absolute Gasteiger partial charge is 0.263 e. The first-order chi connectivity index (χ1) is 16.0. The van der Waals surface area contributed by atoms with Gasteiger partial charge in [-0.15, -0.1) is 21.5 Å². The summed E-state index contributed by atoms with van der Waals surface area (Å²) in [6, 6.07) is 8.22. The van der Waals surface area contributed by atoms with Gasteiger partial charge >= 0.3 is 0 Å². The molecule has 0 radical (unpaired) electrons. The molecule has 1 amide bonds. The third-order valence-electron chi connectivity index (χ3n) is 5.66. The van der Waals surface area contributed by atoms with Crippen LogP contribution in [0.2, 0.25) is 0 Å². The number of nitrogens with one attached hydrogen (secondary N) is 1. The van der Waals surface area contributed by atoms with Gasteiger partial charge in [0.05, 0.1) is 11.7 Å². The first kappa shape index (κ1) is 21.9. The summed E-state index contributed by atoms with van der Waals surface area (Å²) in [5.74, 6) is 0.0804. The number of rotatable bonds is 6. The highest BCUT2D eigenvalue weighted by Crippen LogP contribution is 2.33. The quantitative estimate of drug-likeness (QED) is 0.432. The van der Waals surface area contributed by atoms with Crippen molar-refractivity contribution in [1.82, 2.24) is 19.7 Å². The fourth-order valence-electron chi connectivity index (χ4n) is 3.84. The average Bonchev–Trinajstić information content (AvgIpc) is 3.56. The number of anilines is 1. The molecule has 1 fully saturated rings. The molecule has 8 nitrogen and oxygen atoms in total. The summed E-state index contributed by atoms with van der Waals surface area (Å²) in [6.45, 7) is 4.86. The Hall–Kier alpha value is -2.95. The molecule has 170 valence electrons. The van der Waals surface area contributed by atoms with Crippen LogP contribution in [0.25, 0.3) is 21.3 Å². The lowest BCUT2D eigenvalue weighted by atomic mass is 9.99. The molecule has 1 aliphatic heterocycles. The van der Waals surface area contributed by atoms with Gasteiger partial charge in [0.25, 0.3) is 5.56 Å². The van der Waals surface area contributed by atoms with Crippen molar-refractivity contribution in [3.05, 3.63) is 56.9 Å². The largest absolute Gasteiger partial charge is 0.371 e. The summed E-state index contributed by atoms with van der Waals surface area (Å²) < 4.78 is 6.94. The van der Waals surface area contributed by atoms with Crippen LogP contribution in [-0.4, -0.2) is 32.3 Å². The highest BCUT2D eigenvalue weighted by atomic mass is 32.1. The van der Waals surface area contributed by atoms with Gasteiger partial charge in [0.15, 0.2) is 0 Å². The molecule has 1 atom stereocenters. The molecule has 1 aromatic carbocycles. The van der Waals surface area contributed by atoms with Gasteiger partial charge in [0.2, 0.25) is 11.0 Å². The molecule has 4 aromatic rings. The summed E-state index contributed by atoms with van der Waals surface area (Å²) in [5.41, 5.74) is 2.80. The molecule has 1 saturated heterocycles. The van der Waals surface area contributed by atoms with Crippen LogP contribution in [0.3, 0.4) is 0 Å². The SMILES string of the molecule is CC(C)c1ccc(-c2csc3ncn(CC(=O)Nc4nnc(C5CCCO5)s4)c(=O)c23)cc1. The maximum Gasteiger partial charge on any atom is 0.263 e. The van der Waals surface area contributed by atoms with E-state index in [0.29, 0.717) is 21.3 Å². The second-order valence-corrected chi connectivity index (χ2v) is 10.1. The summed E-state index contributed by atoms with van der Waals surface area (Å²) in [4.78, 5) is 30.9. The van der Waals surface area contributed by atoms with Crippen molar-refractivity contribution in [2.75, 3.05) is 11.9 Å². The second kappa shape index (κ2) is 9.12. The Kier molecular flexibility index (Phi) is 6.05. The first-order valence-electron chi connectivity index (χ1n) is 10.8. The van der Waals surface area contributed by atoms with Gasteiger partial charge in [-0.25, -0.2) is 4.98 Å². The van der Waals surface area contributed by atoms with E-state index >= 15 is 0 Å². The summed E-state index contributed by atoms with van der Waals surface area (Å²) in [5, 5.41) is 14.5. The standard InChI is InChI=1S/C23H23N5O3S2/c1-13(2)14-5-7-15(8-6-14)16-11-32-21-19(16)22(30)28(12-24-21)10-18(29)25-23-27-26-20(33-23)17-4-3-9-31-17/h5-8,11-13,17H,3-4,9-10H2,1-2H3,(H,25,27,29). The van der Waals surface area contributed by atoms with Gasteiger partial charge in [0.1, 0.15) is 22.5 Å². The number of amides is 1. The van der Waals surface area contributed by atoms with Crippen molar-refractivity contribution in [2.24, 2.45) is 0 Å². The third kappa shape index (κ3) is 4.46.